The summed E-state index contributed by atoms with van der Waals surface area (Å²) in [7, 11) is 0. The van der Waals surface area contributed by atoms with Crippen molar-refractivity contribution in [2.75, 3.05) is 13.2 Å². The van der Waals surface area contributed by atoms with Gasteiger partial charge in [-0.15, -0.1) is 0 Å². The zero-order chi connectivity index (χ0) is 9.52. The Labute approximate surface area is 80.8 Å². The summed E-state index contributed by atoms with van der Waals surface area (Å²) in [6, 6.07) is 0.860. The van der Waals surface area contributed by atoms with E-state index in [2.05, 4.69) is 0 Å². The molecule has 0 amide bonds. The molecule has 1 aliphatic carbocycles. The molecule has 4 N–H and O–H groups in total. The van der Waals surface area contributed by atoms with Gasteiger partial charge in [0.1, 0.15) is 0 Å². The topological polar surface area (TPSA) is 61.3 Å². The lowest BCUT2D eigenvalue weighted by Gasteiger charge is -2.16. The van der Waals surface area contributed by atoms with Gasteiger partial charge in [-0.2, -0.15) is 0 Å². The molecule has 2 rings (SSSR count). The maximum absolute atomic E-state index is 5.53. The van der Waals surface area contributed by atoms with Crippen LogP contribution in [0.4, 0.5) is 0 Å². The zero-order valence-corrected chi connectivity index (χ0v) is 8.37. The first kappa shape index (κ1) is 11.0. The maximum Gasteiger partial charge on any atom is 0.0617 e. The molecule has 78 valence electrons. The van der Waals surface area contributed by atoms with Crippen LogP contribution in [0.2, 0.25) is 0 Å². The highest BCUT2D eigenvalue weighted by Crippen LogP contribution is 2.14. The number of hydrogen-bond donors (Lipinski definition) is 2. The molecule has 2 fully saturated rings. The average Bonchev–Trinajstić information content (AvgIpc) is 2.58. The van der Waals surface area contributed by atoms with Crippen molar-refractivity contribution in [2.24, 2.45) is 11.5 Å². The van der Waals surface area contributed by atoms with E-state index in [1.807, 2.05) is 0 Å². The fraction of sp³-hybridized carbons (Fsp3) is 1.00. The van der Waals surface area contributed by atoms with Crippen LogP contribution in [-0.2, 0) is 4.74 Å². The van der Waals surface area contributed by atoms with E-state index in [-0.39, 0.29) is 0 Å². The second-order valence-corrected chi connectivity index (χ2v) is 4.02. The standard InChI is InChI=1S/C5H11NO.C5H11N/c6-5-2-1-3-7-4-5;6-5-3-1-2-4-5/h5H,1-4,6H2;5H,1-4,6H2. The second-order valence-electron chi connectivity index (χ2n) is 4.02. The molecule has 2 aliphatic rings. The summed E-state index contributed by atoms with van der Waals surface area (Å²) in [6.07, 6.45) is 7.53. The van der Waals surface area contributed by atoms with Gasteiger partial charge in [0.25, 0.3) is 0 Å². The minimum Gasteiger partial charge on any atom is -0.380 e. The van der Waals surface area contributed by atoms with Gasteiger partial charge in [-0.05, 0) is 25.7 Å². The molecule has 0 aromatic carbocycles. The smallest absolute Gasteiger partial charge is 0.0617 e. The largest absolute Gasteiger partial charge is 0.380 e. The molecular formula is C10H22N2O. The van der Waals surface area contributed by atoms with Gasteiger partial charge in [0.2, 0.25) is 0 Å². The van der Waals surface area contributed by atoms with Gasteiger partial charge >= 0.3 is 0 Å². The molecule has 1 aliphatic heterocycles. The van der Waals surface area contributed by atoms with Gasteiger partial charge in [-0.3, -0.25) is 0 Å². The van der Waals surface area contributed by atoms with Crippen LogP contribution in [0, 0.1) is 0 Å². The third-order valence-electron chi connectivity index (χ3n) is 2.60. The van der Waals surface area contributed by atoms with Gasteiger partial charge in [0, 0.05) is 18.7 Å². The summed E-state index contributed by atoms with van der Waals surface area (Å²) in [5.41, 5.74) is 11.0. The second kappa shape index (κ2) is 6.35. The van der Waals surface area contributed by atoms with E-state index < -0.39 is 0 Å². The highest BCUT2D eigenvalue weighted by molar-refractivity contribution is 4.67. The number of ether oxygens (including phenoxy) is 1. The van der Waals surface area contributed by atoms with E-state index in [0.29, 0.717) is 12.1 Å². The highest BCUT2D eigenvalue weighted by atomic mass is 16.5. The van der Waals surface area contributed by atoms with E-state index >= 15 is 0 Å². The molecular weight excluding hydrogens is 164 g/mol. The lowest BCUT2D eigenvalue weighted by Crippen LogP contribution is -2.30. The van der Waals surface area contributed by atoms with E-state index in [1.165, 1.54) is 25.7 Å². The van der Waals surface area contributed by atoms with Crippen LogP contribution in [0.3, 0.4) is 0 Å². The highest BCUT2D eigenvalue weighted by Gasteiger charge is 2.07. The summed E-state index contributed by atoms with van der Waals surface area (Å²) < 4.78 is 5.06. The predicted molar refractivity (Wildman–Crippen MR) is 54.5 cm³/mol. The van der Waals surface area contributed by atoms with Gasteiger partial charge in [-0.25, -0.2) is 0 Å². The first-order chi connectivity index (χ1) is 6.29. The Morgan fingerprint density at radius 3 is 1.69 bits per heavy atom. The third kappa shape index (κ3) is 5.24. The predicted octanol–water partition coefficient (Wildman–Crippen LogP) is 1.01. The van der Waals surface area contributed by atoms with Crippen LogP contribution in [0.5, 0.6) is 0 Å². The first-order valence-corrected chi connectivity index (χ1v) is 5.38. The summed E-state index contributed by atoms with van der Waals surface area (Å²) in [6.45, 7) is 1.67. The average molecular weight is 186 g/mol. The van der Waals surface area contributed by atoms with Crippen LogP contribution in [-0.4, -0.2) is 25.3 Å². The fourth-order valence-electron chi connectivity index (χ4n) is 1.72. The summed E-state index contributed by atoms with van der Waals surface area (Å²) in [5.74, 6) is 0. The molecule has 1 atom stereocenters. The Morgan fingerprint density at radius 1 is 0.846 bits per heavy atom. The van der Waals surface area contributed by atoms with E-state index in [9.17, 15) is 0 Å². The Hall–Kier alpha value is -0.120. The van der Waals surface area contributed by atoms with Crippen LogP contribution in [0.25, 0.3) is 0 Å². The molecule has 0 radical (unpaired) electrons. The van der Waals surface area contributed by atoms with E-state index in [1.54, 1.807) is 0 Å². The monoisotopic (exact) mass is 186 g/mol. The molecule has 1 saturated carbocycles. The van der Waals surface area contributed by atoms with Crippen LogP contribution >= 0.6 is 0 Å². The van der Waals surface area contributed by atoms with Crippen molar-refractivity contribution in [3.05, 3.63) is 0 Å². The Kier molecular flexibility index (Phi) is 5.35. The molecule has 1 heterocycles. The molecule has 0 spiro atoms. The summed E-state index contributed by atoms with van der Waals surface area (Å²) in [5, 5.41) is 0. The normalized spacial score (nSPS) is 29.5. The van der Waals surface area contributed by atoms with Gasteiger partial charge < -0.3 is 16.2 Å². The summed E-state index contributed by atoms with van der Waals surface area (Å²) in [4.78, 5) is 0. The van der Waals surface area contributed by atoms with Crippen molar-refractivity contribution in [1.82, 2.24) is 0 Å². The molecule has 0 aromatic heterocycles. The van der Waals surface area contributed by atoms with Crippen molar-refractivity contribution in [3.8, 4) is 0 Å². The van der Waals surface area contributed by atoms with Crippen molar-refractivity contribution < 1.29 is 4.74 Å². The van der Waals surface area contributed by atoms with Crippen LogP contribution in [0.1, 0.15) is 38.5 Å². The Morgan fingerprint density at radius 2 is 1.46 bits per heavy atom. The Balaban J connectivity index is 0.000000132. The molecule has 0 bridgehead atoms. The molecule has 3 nitrogen and oxygen atoms in total. The third-order valence-corrected chi connectivity index (χ3v) is 2.60. The zero-order valence-electron chi connectivity index (χ0n) is 8.37. The molecule has 13 heavy (non-hydrogen) atoms. The van der Waals surface area contributed by atoms with Crippen molar-refractivity contribution in [2.45, 2.75) is 50.6 Å². The number of hydrogen-bond acceptors (Lipinski definition) is 3. The number of rotatable bonds is 0. The minimum atomic E-state index is 0.314. The maximum atomic E-state index is 5.53. The Bertz CT molecular complexity index is 118. The lowest BCUT2D eigenvalue weighted by atomic mass is 10.1. The van der Waals surface area contributed by atoms with Crippen molar-refractivity contribution in [3.63, 3.8) is 0 Å². The number of nitrogens with two attached hydrogens (primary N) is 2. The molecule has 0 aromatic rings. The molecule has 3 heteroatoms. The van der Waals surface area contributed by atoms with E-state index in [4.69, 9.17) is 16.2 Å². The summed E-state index contributed by atoms with van der Waals surface area (Å²) >= 11 is 0. The van der Waals surface area contributed by atoms with Gasteiger partial charge in [0.15, 0.2) is 0 Å². The van der Waals surface area contributed by atoms with E-state index in [0.717, 1.165) is 26.1 Å². The van der Waals surface area contributed by atoms with Crippen molar-refractivity contribution in [1.29, 1.82) is 0 Å². The SMILES string of the molecule is NC1CCCC1.NC1CCCOC1. The fourth-order valence-corrected chi connectivity index (χ4v) is 1.72. The van der Waals surface area contributed by atoms with Gasteiger partial charge in [-0.1, -0.05) is 12.8 Å². The van der Waals surface area contributed by atoms with Crippen LogP contribution < -0.4 is 11.5 Å². The first-order valence-electron chi connectivity index (χ1n) is 5.38. The molecule has 1 saturated heterocycles. The quantitative estimate of drug-likeness (QED) is 0.593. The minimum absolute atomic E-state index is 0.314. The lowest BCUT2D eigenvalue weighted by molar-refractivity contribution is 0.0822. The molecule has 1 unspecified atom stereocenters. The van der Waals surface area contributed by atoms with Crippen molar-refractivity contribution >= 4 is 0 Å². The van der Waals surface area contributed by atoms with Crippen LogP contribution in [0.15, 0.2) is 0 Å². The van der Waals surface area contributed by atoms with Gasteiger partial charge in [0.05, 0.1) is 6.61 Å².